The Hall–Kier alpha value is -0.120. The van der Waals surface area contributed by atoms with E-state index in [9.17, 15) is 0 Å². The maximum Gasteiger partial charge on any atom is 0.0589 e. The number of methoxy groups -OCH3 is 1. The van der Waals surface area contributed by atoms with Crippen molar-refractivity contribution >= 4 is 0 Å². The van der Waals surface area contributed by atoms with Gasteiger partial charge in [-0.1, -0.05) is 6.92 Å². The number of nitrogens with one attached hydrogen (secondary N) is 1. The molecule has 3 atom stereocenters. The van der Waals surface area contributed by atoms with Crippen LogP contribution in [0.1, 0.15) is 33.1 Å². The van der Waals surface area contributed by atoms with E-state index in [0.29, 0.717) is 6.04 Å². The van der Waals surface area contributed by atoms with Crippen molar-refractivity contribution in [1.29, 1.82) is 0 Å². The van der Waals surface area contributed by atoms with E-state index < -0.39 is 0 Å². The zero-order chi connectivity index (χ0) is 12.3. The predicted octanol–water partition coefficient (Wildman–Crippen LogP) is 1.73. The Balaban J connectivity index is 1.84. The third kappa shape index (κ3) is 3.67. The Morgan fingerprint density at radius 2 is 2.12 bits per heavy atom. The van der Waals surface area contributed by atoms with Crippen LogP contribution in [0, 0.1) is 11.8 Å². The molecule has 0 aromatic rings. The fourth-order valence-corrected chi connectivity index (χ4v) is 2.94. The lowest BCUT2D eigenvalue weighted by Crippen LogP contribution is -2.46. The summed E-state index contributed by atoms with van der Waals surface area (Å²) in [6, 6.07) is 1.42. The fraction of sp³-hybridized carbons (Fsp3) is 1.00. The van der Waals surface area contributed by atoms with Crippen molar-refractivity contribution in [2.75, 3.05) is 33.4 Å². The zero-order valence-corrected chi connectivity index (χ0v) is 11.6. The zero-order valence-electron chi connectivity index (χ0n) is 11.6. The maximum absolute atomic E-state index is 5.25. The topological polar surface area (TPSA) is 24.5 Å². The number of nitrogens with zero attached hydrogens (tertiary/aromatic N) is 1. The van der Waals surface area contributed by atoms with Crippen LogP contribution in [0.25, 0.3) is 0 Å². The van der Waals surface area contributed by atoms with E-state index in [1.165, 1.54) is 32.4 Å². The first-order chi connectivity index (χ1) is 8.22. The summed E-state index contributed by atoms with van der Waals surface area (Å²) >= 11 is 0. The third-order valence-corrected chi connectivity index (χ3v) is 4.59. The third-order valence-electron chi connectivity index (χ3n) is 4.59. The molecule has 2 aliphatic rings. The molecule has 1 saturated carbocycles. The highest BCUT2D eigenvalue weighted by atomic mass is 16.5. The summed E-state index contributed by atoms with van der Waals surface area (Å²) in [7, 11) is 1.80. The highest BCUT2D eigenvalue weighted by molar-refractivity contribution is 4.89. The summed E-state index contributed by atoms with van der Waals surface area (Å²) in [5.41, 5.74) is 0. The molecule has 1 heterocycles. The van der Waals surface area contributed by atoms with Crippen LogP contribution < -0.4 is 5.32 Å². The van der Waals surface area contributed by atoms with E-state index in [1.54, 1.807) is 7.11 Å². The van der Waals surface area contributed by atoms with Gasteiger partial charge >= 0.3 is 0 Å². The smallest absolute Gasteiger partial charge is 0.0589 e. The average molecular weight is 240 g/mol. The van der Waals surface area contributed by atoms with E-state index in [2.05, 4.69) is 24.1 Å². The Labute approximate surface area is 106 Å². The van der Waals surface area contributed by atoms with Gasteiger partial charge < -0.3 is 10.1 Å². The van der Waals surface area contributed by atoms with Gasteiger partial charge in [0.2, 0.25) is 0 Å². The average Bonchev–Trinajstić information content (AvgIpc) is 3.09. The molecule has 100 valence electrons. The first-order valence-corrected chi connectivity index (χ1v) is 7.18. The lowest BCUT2D eigenvalue weighted by atomic mass is 10.0. The molecule has 3 nitrogen and oxygen atoms in total. The van der Waals surface area contributed by atoms with Crippen LogP contribution in [0.3, 0.4) is 0 Å². The van der Waals surface area contributed by atoms with Gasteiger partial charge in [0, 0.05) is 32.3 Å². The van der Waals surface area contributed by atoms with Crippen LogP contribution in [0.15, 0.2) is 0 Å². The van der Waals surface area contributed by atoms with Gasteiger partial charge in [0.25, 0.3) is 0 Å². The second-order valence-electron chi connectivity index (χ2n) is 5.89. The second kappa shape index (κ2) is 6.17. The number of ether oxygens (including phenoxy) is 1. The van der Waals surface area contributed by atoms with E-state index in [1.807, 2.05) is 0 Å². The largest absolute Gasteiger partial charge is 0.383 e. The quantitative estimate of drug-likeness (QED) is 0.733. The monoisotopic (exact) mass is 240 g/mol. The molecule has 17 heavy (non-hydrogen) atoms. The summed E-state index contributed by atoms with van der Waals surface area (Å²) in [6.07, 6.45) is 4.19. The highest BCUT2D eigenvalue weighted by Gasteiger charge is 2.34. The summed E-state index contributed by atoms with van der Waals surface area (Å²) in [5.74, 6) is 1.77. The normalized spacial score (nSPS) is 31.1. The molecule has 0 aromatic carbocycles. The van der Waals surface area contributed by atoms with Crippen molar-refractivity contribution in [2.24, 2.45) is 11.8 Å². The van der Waals surface area contributed by atoms with E-state index in [4.69, 9.17) is 4.74 Å². The molecule has 1 aliphatic carbocycles. The molecule has 3 unspecified atom stereocenters. The fourth-order valence-electron chi connectivity index (χ4n) is 2.94. The molecule has 0 bridgehead atoms. The van der Waals surface area contributed by atoms with Crippen LogP contribution in [-0.4, -0.2) is 50.3 Å². The van der Waals surface area contributed by atoms with Gasteiger partial charge in [-0.2, -0.15) is 0 Å². The van der Waals surface area contributed by atoms with Crippen molar-refractivity contribution in [1.82, 2.24) is 10.2 Å². The minimum absolute atomic E-state index is 0.688. The predicted molar refractivity (Wildman–Crippen MR) is 71.2 cm³/mol. The highest BCUT2D eigenvalue weighted by Crippen LogP contribution is 2.35. The van der Waals surface area contributed by atoms with Gasteiger partial charge in [0.05, 0.1) is 6.61 Å². The van der Waals surface area contributed by atoms with E-state index in [-0.39, 0.29) is 0 Å². The first kappa shape index (κ1) is 13.3. The van der Waals surface area contributed by atoms with Crippen molar-refractivity contribution < 1.29 is 4.74 Å². The van der Waals surface area contributed by atoms with Crippen molar-refractivity contribution in [2.45, 2.75) is 45.2 Å². The van der Waals surface area contributed by atoms with Gasteiger partial charge in [-0.25, -0.2) is 0 Å². The SMILES string of the molecule is COCCN(CC1NCCC1C)C(C)C1CC1. The maximum atomic E-state index is 5.25. The van der Waals surface area contributed by atoms with Crippen molar-refractivity contribution in [3.05, 3.63) is 0 Å². The van der Waals surface area contributed by atoms with Gasteiger partial charge in [-0.3, -0.25) is 4.90 Å². The molecule has 2 rings (SSSR count). The van der Waals surface area contributed by atoms with Crippen LogP contribution in [0.2, 0.25) is 0 Å². The van der Waals surface area contributed by atoms with Gasteiger partial charge in [-0.15, -0.1) is 0 Å². The molecular formula is C14H28N2O. The number of hydrogen-bond donors (Lipinski definition) is 1. The van der Waals surface area contributed by atoms with E-state index >= 15 is 0 Å². The van der Waals surface area contributed by atoms with Gasteiger partial charge in [0.15, 0.2) is 0 Å². The summed E-state index contributed by atoms with van der Waals surface area (Å²) in [4.78, 5) is 2.64. The van der Waals surface area contributed by atoms with Crippen LogP contribution in [0.5, 0.6) is 0 Å². The molecule has 0 amide bonds. The lowest BCUT2D eigenvalue weighted by Gasteiger charge is -2.32. The lowest BCUT2D eigenvalue weighted by molar-refractivity contribution is 0.106. The summed E-state index contributed by atoms with van der Waals surface area (Å²) in [5, 5.41) is 3.64. The molecule has 0 aromatic heterocycles. The Kier molecular flexibility index (Phi) is 4.83. The summed E-state index contributed by atoms with van der Waals surface area (Å²) < 4.78 is 5.25. The number of hydrogen-bond acceptors (Lipinski definition) is 3. The minimum atomic E-state index is 0.688. The Morgan fingerprint density at radius 1 is 1.35 bits per heavy atom. The van der Waals surface area contributed by atoms with Gasteiger partial charge in [-0.05, 0) is 44.6 Å². The van der Waals surface area contributed by atoms with Crippen molar-refractivity contribution in [3.8, 4) is 0 Å². The molecule has 3 heteroatoms. The molecule has 1 N–H and O–H groups in total. The Bertz CT molecular complexity index is 230. The standard InChI is InChI=1S/C14H28N2O/c1-11-6-7-15-14(11)10-16(8-9-17-3)12(2)13-4-5-13/h11-15H,4-10H2,1-3H3. The molecule has 2 fully saturated rings. The second-order valence-corrected chi connectivity index (χ2v) is 5.89. The van der Waals surface area contributed by atoms with Gasteiger partial charge in [0.1, 0.15) is 0 Å². The van der Waals surface area contributed by atoms with Crippen molar-refractivity contribution in [3.63, 3.8) is 0 Å². The molecular weight excluding hydrogens is 212 g/mol. The Morgan fingerprint density at radius 3 is 2.65 bits per heavy atom. The van der Waals surface area contributed by atoms with E-state index in [0.717, 1.165) is 31.0 Å². The van der Waals surface area contributed by atoms with Crippen LogP contribution in [-0.2, 0) is 4.74 Å². The minimum Gasteiger partial charge on any atom is -0.383 e. The molecule has 1 saturated heterocycles. The molecule has 0 radical (unpaired) electrons. The molecule has 0 spiro atoms. The molecule has 1 aliphatic heterocycles. The van der Waals surface area contributed by atoms with Crippen LogP contribution in [0.4, 0.5) is 0 Å². The van der Waals surface area contributed by atoms with Crippen LogP contribution >= 0.6 is 0 Å². The summed E-state index contributed by atoms with van der Waals surface area (Å²) in [6.45, 7) is 9.11. The first-order valence-electron chi connectivity index (χ1n) is 7.18. The number of rotatable bonds is 7.